The van der Waals surface area contributed by atoms with E-state index in [0.29, 0.717) is 19.6 Å². The Balaban J connectivity index is 1.47. The summed E-state index contributed by atoms with van der Waals surface area (Å²) in [6.45, 7) is 1.24. The van der Waals surface area contributed by atoms with Crippen molar-refractivity contribution in [1.29, 1.82) is 0 Å². The minimum absolute atomic E-state index is 0.00710. The zero-order chi connectivity index (χ0) is 20.8. The first-order valence-electron chi connectivity index (χ1n) is 9.43. The van der Waals surface area contributed by atoms with Crippen molar-refractivity contribution in [2.24, 2.45) is 5.92 Å². The Kier molecular flexibility index (Phi) is 6.74. The fraction of sp³-hybridized carbons (Fsp3) is 0.333. The van der Waals surface area contributed by atoms with Crippen molar-refractivity contribution in [3.8, 4) is 0 Å². The lowest BCUT2D eigenvalue weighted by Crippen LogP contribution is -2.43. The van der Waals surface area contributed by atoms with Gasteiger partial charge in [0.05, 0.1) is 0 Å². The zero-order valence-corrected chi connectivity index (χ0v) is 15.8. The number of benzene rings is 2. The second-order valence-corrected chi connectivity index (χ2v) is 7.12. The molecule has 0 bridgehead atoms. The van der Waals surface area contributed by atoms with E-state index in [4.69, 9.17) is 0 Å². The number of likely N-dealkylation sites (tertiary alicyclic amines) is 1. The summed E-state index contributed by atoms with van der Waals surface area (Å²) in [6.07, 6.45) is 1.84. The van der Waals surface area contributed by atoms with Crippen LogP contribution in [0.2, 0.25) is 0 Å². The number of anilines is 1. The Morgan fingerprint density at radius 2 is 1.79 bits per heavy atom. The molecular formula is C21H22F3N3O2. The summed E-state index contributed by atoms with van der Waals surface area (Å²) in [5.41, 5.74) is 0.976. The molecule has 2 aromatic rings. The Bertz CT molecular complexity index is 874. The number of nitrogens with one attached hydrogen (secondary N) is 2. The van der Waals surface area contributed by atoms with Crippen LogP contribution in [0.3, 0.4) is 0 Å². The van der Waals surface area contributed by atoms with Gasteiger partial charge in [-0.2, -0.15) is 0 Å². The van der Waals surface area contributed by atoms with Gasteiger partial charge in [-0.1, -0.05) is 12.1 Å². The van der Waals surface area contributed by atoms with Crippen LogP contribution in [-0.4, -0.2) is 29.9 Å². The van der Waals surface area contributed by atoms with Crippen LogP contribution in [0.1, 0.15) is 24.8 Å². The molecule has 1 atom stereocenters. The van der Waals surface area contributed by atoms with Crippen molar-refractivity contribution in [1.82, 2.24) is 10.2 Å². The second kappa shape index (κ2) is 9.45. The maximum absolute atomic E-state index is 13.3. The van der Waals surface area contributed by atoms with E-state index in [2.05, 4.69) is 10.6 Å². The SMILES string of the molecule is O=C(CC1CCCN(C(=O)Nc2ccc(F)c(F)c2)C1)NCc1ccc(F)cc1. The summed E-state index contributed by atoms with van der Waals surface area (Å²) < 4.78 is 39.2. The quantitative estimate of drug-likeness (QED) is 0.788. The van der Waals surface area contributed by atoms with Gasteiger partial charge in [-0.05, 0) is 48.6 Å². The zero-order valence-electron chi connectivity index (χ0n) is 15.8. The minimum atomic E-state index is -1.03. The van der Waals surface area contributed by atoms with Gasteiger partial charge in [0.25, 0.3) is 0 Å². The molecule has 3 rings (SSSR count). The standard InChI is InChI=1S/C21H22F3N3O2/c22-16-5-3-14(4-6-16)12-25-20(28)10-15-2-1-9-27(13-15)21(29)26-17-7-8-18(23)19(24)11-17/h3-8,11,15H,1-2,9-10,12-13H2,(H,25,28)(H,26,29). The predicted molar refractivity (Wildman–Crippen MR) is 103 cm³/mol. The number of halogens is 3. The smallest absolute Gasteiger partial charge is 0.321 e. The van der Waals surface area contributed by atoms with E-state index in [9.17, 15) is 22.8 Å². The highest BCUT2D eigenvalue weighted by molar-refractivity contribution is 5.89. The molecule has 1 saturated heterocycles. The fourth-order valence-corrected chi connectivity index (χ4v) is 3.33. The highest BCUT2D eigenvalue weighted by Gasteiger charge is 2.25. The molecule has 0 radical (unpaired) electrons. The number of piperidine rings is 1. The third-order valence-corrected chi connectivity index (χ3v) is 4.85. The molecule has 0 aliphatic carbocycles. The second-order valence-electron chi connectivity index (χ2n) is 7.12. The van der Waals surface area contributed by atoms with E-state index in [0.717, 1.165) is 30.5 Å². The third-order valence-electron chi connectivity index (χ3n) is 4.85. The van der Waals surface area contributed by atoms with E-state index in [1.165, 1.54) is 18.2 Å². The van der Waals surface area contributed by atoms with Gasteiger partial charge in [0.2, 0.25) is 5.91 Å². The first-order chi connectivity index (χ1) is 13.9. The van der Waals surface area contributed by atoms with Crippen molar-refractivity contribution in [2.75, 3.05) is 18.4 Å². The van der Waals surface area contributed by atoms with Gasteiger partial charge in [-0.25, -0.2) is 18.0 Å². The maximum Gasteiger partial charge on any atom is 0.321 e. The van der Waals surface area contributed by atoms with E-state index in [-0.39, 0.29) is 29.8 Å². The van der Waals surface area contributed by atoms with Crippen LogP contribution < -0.4 is 10.6 Å². The molecule has 0 saturated carbocycles. The highest BCUT2D eigenvalue weighted by atomic mass is 19.2. The van der Waals surface area contributed by atoms with E-state index >= 15 is 0 Å². The van der Waals surface area contributed by atoms with Crippen LogP contribution >= 0.6 is 0 Å². The van der Waals surface area contributed by atoms with E-state index in [1.54, 1.807) is 17.0 Å². The summed E-state index contributed by atoms with van der Waals surface area (Å²) in [4.78, 5) is 26.2. The Hall–Kier alpha value is -3.03. The number of nitrogens with zero attached hydrogens (tertiary/aromatic N) is 1. The van der Waals surface area contributed by atoms with Gasteiger partial charge in [0, 0.05) is 37.8 Å². The summed E-state index contributed by atoms with van der Waals surface area (Å²) >= 11 is 0. The Morgan fingerprint density at radius 3 is 2.52 bits per heavy atom. The van der Waals surface area contributed by atoms with Crippen LogP contribution in [0, 0.1) is 23.4 Å². The summed E-state index contributed by atoms with van der Waals surface area (Å²) in [6, 6.07) is 8.67. The van der Waals surface area contributed by atoms with Gasteiger partial charge in [-0.3, -0.25) is 4.79 Å². The first-order valence-corrected chi connectivity index (χ1v) is 9.43. The monoisotopic (exact) mass is 405 g/mol. The molecule has 154 valence electrons. The van der Waals surface area contributed by atoms with Crippen LogP contribution in [0.5, 0.6) is 0 Å². The molecule has 8 heteroatoms. The van der Waals surface area contributed by atoms with Crippen molar-refractivity contribution >= 4 is 17.6 Å². The van der Waals surface area contributed by atoms with Crippen molar-refractivity contribution in [2.45, 2.75) is 25.8 Å². The lowest BCUT2D eigenvalue weighted by atomic mass is 9.94. The summed E-state index contributed by atoms with van der Waals surface area (Å²) in [5.74, 6) is -2.47. The number of urea groups is 1. The van der Waals surface area contributed by atoms with Crippen LogP contribution in [0.4, 0.5) is 23.7 Å². The van der Waals surface area contributed by atoms with Gasteiger partial charge in [0.1, 0.15) is 5.82 Å². The molecule has 29 heavy (non-hydrogen) atoms. The molecule has 1 fully saturated rings. The topological polar surface area (TPSA) is 61.4 Å². The molecule has 2 aromatic carbocycles. The van der Waals surface area contributed by atoms with E-state index in [1.807, 2.05) is 0 Å². The number of hydrogen-bond donors (Lipinski definition) is 2. The van der Waals surface area contributed by atoms with Gasteiger partial charge >= 0.3 is 6.03 Å². The Labute approximate surface area is 166 Å². The lowest BCUT2D eigenvalue weighted by molar-refractivity contribution is -0.122. The van der Waals surface area contributed by atoms with Crippen molar-refractivity contribution in [3.63, 3.8) is 0 Å². The molecule has 1 heterocycles. The summed E-state index contributed by atoms with van der Waals surface area (Å²) in [7, 11) is 0. The number of hydrogen-bond acceptors (Lipinski definition) is 2. The van der Waals surface area contributed by atoms with Gasteiger partial charge in [0.15, 0.2) is 11.6 Å². The molecule has 1 aliphatic heterocycles. The number of carbonyl (C=O) groups is 2. The van der Waals surface area contributed by atoms with Crippen molar-refractivity contribution < 1.29 is 22.8 Å². The molecule has 2 N–H and O–H groups in total. The van der Waals surface area contributed by atoms with Crippen LogP contribution in [-0.2, 0) is 11.3 Å². The summed E-state index contributed by atoms with van der Waals surface area (Å²) in [5, 5.41) is 5.36. The maximum atomic E-state index is 13.3. The van der Waals surface area contributed by atoms with Crippen molar-refractivity contribution in [3.05, 3.63) is 65.5 Å². The molecule has 5 nitrogen and oxygen atoms in total. The van der Waals surface area contributed by atoms with Crippen LogP contribution in [0.25, 0.3) is 0 Å². The van der Waals surface area contributed by atoms with E-state index < -0.39 is 17.7 Å². The highest BCUT2D eigenvalue weighted by Crippen LogP contribution is 2.21. The lowest BCUT2D eigenvalue weighted by Gasteiger charge is -2.32. The van der Waals surface area contributed by atoms with Gasteiger partial charge < -0.3 is 15.5 Å². The van der Waals surface area contributed by atoms with Crippen LogP contribution in [0.15, 0.2) is 42.5 Å². The molecular weight excluding hydrogens is 383 g/mol. The Morgan fingerprint density at radius 1 is 1.03 bits per heavy atom. The average Bonchev–Trinajstić information content (AvgIpc) is 2.70. The number of rotatable bonds is 5. The molecule has 0 aromatic heterocycles. The molecule has 3 amide bonds. The fourth-order valence-electron chi connectivity index (χ4n) is 3.33. The normalized spacial score (nSPS) is 16.4. The first kappa shape index (κ1) is 20.7. The number of carbonyl (C=O) groups excluding carboxylic acids is 2. The average molecular weight is 405 g/mol. The molecule has 0 spiro atoms. The molecule has 1 unspecified atom stereocenters. The molecule has 1 aliphatic rings. The predicted octanol–water partition coefficient (Wildman–Crippen LogP) is 4.05. The minimum Gasteiger partial charge on any atom is -0.352 e. The number of amides is 3. The third kappa shape index (κ3) is 5.97. The van der Waals surface area contributed by atoms with Gasteiger partial charge in [-0.15, -0.1) is 0 Å². The largest absolute Gasteiger partial charge is 0.352 e.